The Balaban J connectivity index is 2.77. The normalized spacial score (nSPS) is 14.1. The first-order valence-corrected chi connectivity index (χ1v) is 6.49. The highest BCUT2D eigenvalue weighted by Crippen LogP contribution is 2.25. The van der Waals surface area contributed by atoms with Gasteiger partial charge >= 0.3 is 0 Å². The molecule has 0 fully saturated rings. The molecule has 0 saturated carbocycles. The lowest BCUT2D eigenvalue weighted by Gasteiger charge is -2.28. The first-order chi connectivity index (χ1) is 8.06. The quantitative estimate of drug-likeness (QED) is 0.820. The third kappa shape index (κ3) is 3.44. The van der Waals surface area contributed by atoms with Gasteiger partial charge in [0.25, 0.3) is 5.91 Å². The topological polar surface area (TPSA) is 58.6 Å². The summed E-state index contributed by atoms with van der Waals surface area (Å²) < 4.78 is 5.11. The van der Waals surface area contributed by atoms with Gasteiger partial charge in [0.05, 0.1) is 7.11 Å². The van der Waals surface area contributed by atoms with E-state index < -0.39 is 0 Å². The minimum Gasteiger partial charge on any atom is -0.495 e. The van der Waals surface area contributed by atoms with Gasteiger partial charge in [0.15, 0.2) is 0 Å². The van der Waals surface area contributed by atoms with Crippen LogP contribution in [0.15, 0.2) is 11.4 Å². The number of carbonyl (C=O) groups is 1. The third-order valence-corrected chi connectivity index (χ3v) is 3.81. The summed E-state index contributed by atoms with van der Waals surface area (Å²) in [6.45, 7) is 3.98. The molecule has 1 aromatic rings. The van der Waals surface area contributed by atoms with E-state index in [0.29, 0.717) is 17.0 Å². The zero-order valence-electron chi connectivity index (χ0n) is 10.4. The summed E-state index contributed by atoms with van der Waals surface area (Å²) in [4.78, 5) is 12.6. The van der Waals surface area contributed by atoms with Crippen LogP contribution in [0.5, 0.6) is 5.75 Å². The lowest BCUT2D eigenvalue weighted by Crippen LogP contribution is -2.46. The predicted octanol–water partition coefficient (Wildman–Crippen LogP) is 2.04. The fourth-order valence-electron chi connectivity index (χ4n) is 1.53. The van der Waals surface area contributed by atoms with Crippen LogP contribution in [0, 0.1) is 0 Å². The van der Waals surface area contributed by atoms with Gasteiger partial charge in [0, 0.05) is 12.1 Å². The molecular weight excluding hydrogens is 238 g/mol. The van der Waals surface area contributed by atoms with Gasteiger partial charge in [-0.3, -0.25) is 4.79 Å². The monoisotopic (exact) mass is 257 g/mol. The second-order valence-electron chi connectivity index (χ2n) is 4.16. The Bertz CT molecular complexity index is 378. The molecule has 1 aromatic heterocycles. The lowest BCUT2D eigenvalue weighted by molar-refractivity contribution is 0.0887. The van der Waals surface area contributed by atoms with Crippen LogP contribution in [0.3, 0.4) is 0 Å². The Morgan fingerprint density at radius 3 is 2.88 bits per heavy atom. The number of aliphatic hydroxyl groups is 1. The molecule has 5 heteroatoms. The van der Waals surface area contributed by atoms with Crippen molar-refractivity contribution in [3.8, 4) is 5.75 Å². The number of carbonyl (C=O) groups excluding carboxylic acids is 1. The molecule has 0 saturated heterocycles. The number of amides is 1. The van der Waals surface area contributed by atoms with Crippen molar-refractivity contribution in [1.82, 2.24) is 5.32 Å². The number of ether oxygens (including phenoxy) is 1. The van der Waals surface area contributed by atoms with Gasteiger partial charge in [-0.05, 0) is 31.2 Å². The van der Waals surface area contributed by atoms with E-state index in [0.717, 1.165) is 6.42 Å². The molecule has 1 atom stereocenters. The van der Waals surface area contributed by atoms with E-state index in [1.165, 1.54) is 11.3 Å². The molecule has 0 aliphatic rings. The molecule has 2 N–H and O–H groups in total. The van der Waals surface area contributed by atoms with E-state index in [-0.39, 0.29) is 18.1 Å². The summed E-state index contributed by atoms with van der Waals surface area (Å²) in [6.07, 6.45) is 1.32. The molecule has 96 valence electrons. The smallest absolute Gasteiger partial charge is 0.265 e. The summed E-state index contributed by atoms with van der Waals surface area (Å²) in [7, 11) is 1.55. The maximum Gasteiger partial charge on any atom is 0.265 e. The maximum absolute atomic E-state index is 12.1. The average Bonchev–Trinajstić information content (AvgIpc) is 2.77. The summed E-state index contributed by atoms with van der Waals surface area (Å²) in [5, 5.41) is 13.8. The number of aliphatic hydroxyl groups excluding tert-OH is 1. The molecule has 0 spiro atoms. The number of hydrogen-bond donors (Lipinski definition) is 2. The number of rotatable bonds is 6. The van der Waals surface area contributed by atoms with Crippen molar-refractivity contribution in [1.29, 1.82) is 0 Å². The van der Waals surface area contributed by atoms with E-state index in [1.54, 1.807) is 13.2 Å². The third-order valence-electron chi connectivity index (χ3n) is 2.91. The molecule has 0 aromatic carbocycles. The second-order valence-corrected chi connectivity index (χ2v) is 5.08. The Kier molecular flexibility index (Phi) is 4.96. The fraction of sp³-hybridized carbons (Fsp3) is 0.583. The lowest BCUT2D eigenvalue weighted by atomic mass is 9.95. The van der Waals surface area contributed by atoms with Crippen molar-refractivity contribution >= 4 is 17.2 Å². The largest absolute Gasteiger partial charge is 0.495 e. The summed E-state index contributed by atoms with van der Waals surface area (Å²) in [6, 6.07) is 1.77. The number of methoxy groups -OCH3 is 1. The van der Waals surface area contributed by atoms with Crippen molar-refractivity contribution in [2.24, 2.45) is 0 Å². The zero-order chi connectivity index (χ0) is 12.9. The van der Waals surface area contributed by atoms with Crippen molar-refractivity contribution in [3.05, 3.63) is 16.3 Å². The highest BCUT2D eigenvalue weighted by atomic mass is 32.1. The average molecular weight is 257 g/mol. The van der Waals surface area contributed by atoms with Crippen LogP contribution in [-0.2, 0) is 0 Å². The predicted molar refractivity (Wildman–Crippen MR) is 68.7 cm³/mol. The number of thiophene rings is 1. The van der Waals surface area contributed by atoms with E-state index in [1.807, 2.05) is 19.2 Å². The van der Waals surface area contributed by atoms with Gasteiger partial charge in [-0.1, -0.05) is 6.92 Å². The Morgan fingerprint density at radius 1 is 1.65 bits per heavy atom. The van der Waals surface area contributed by atoms with Crippen molar-refractivity contribution in [2.45, 2.75) is 32.2 Å². The zero-order valence-corrected chi connectivity index (χ0v) is 11.3. The van der Waals surface area contributed by atoms with E-state index in [2.05, 4.69) is 5.32 Å². The van der Waals surface area contributed by atoms with Crippen molar-refractivity contribution in [3.63, 3.8) is 0 Å². The SMILES string of the molecule is CC[C@@](C)(CCO)NC(=O)c1sccc1OC. The summed E-state index contributed by atoms with van der Waals surface area (Å²) >= 11 is 1.35. The minimum atomic E-state index is -0.374. The molecule has 0 aliphatic heterocycles. The molecule has 1 rings (SSSR count). The second kappa shape index (κ2) is 6.02. The summed E-state index contributed by atoms with van der Waals surface area (Å²) in [5.41, 5.74) is -0.374. The summed E-state index contributed by atoms with van der Waals surface area (Å²) in [5.74, 6) is 0.449. The highest BCUT2D eigenvalue weighted by molar-refractivity contribution is 7.12. The molecule has 1 amide bonds. The molecule has 0 radical (unpaired) electrons. The van der Waals surface area contributed by atoms with Crippen LogP contribution in [0.25, 0.3) is 0 Å². The molecular formula is C12H19NO3S. The molecule has 0 aliphatic carbocycles. The fourth-order valence-corrected chi connectivity index (χ4v) is 2.28. The Morgan fingerprint density at radius 2 is 2.35 bits per heavy atom. The Labute approximate surface area is 106 Å². The molecule has 0 unspecified atom stereocenters. The van der Waals surface area contributed by atoms with Crippen LogP contribution in [-0.4, -0.2) is 30.3 Å². The van der Waals surface area contributed by atoms with Crippen molar-refractivity contribution in [2.75, 3.05) is 13.7 Å². The molecule has 4 nitrogen and oxygen atoms in total. The van der Waals surface area contributed by atoms with Crippen molar-refractivity contribution < 1.29 is 14.6 Å². The molecule has 17 heavy (non-hydrogen) atoms. The highest BCUT2D eigenvalue weighted by Gasteiger charge is 2.26. The number of hydrogen-bond acceptors (Lipinski definition) is 4. The van der Waals surface area contributed by atoms with E-state index in [4.69, 9.17) is 9.84 Å². The maximum atomic E-state index is 12.1. The Hall–Kier alpha value is -1.07. The van der Waals surface area contributed by atoms with Gasteiger partial charge in [-0.25, -0.2) is 0 Å². The van der Waals surface area contributed by atoms with Gasteiger partial charge in [-0.15, -0.1) is 11.3 Å². The molecule has 1 heterocycles. The van der Waals surface area contributed by atoms with Crippen LogP contribution in [0.2, 0.25) is 0 Å². The van der Waals surface area contributed by atoms with Crippen LogP contribution >= 0.6 is 11.3 Å². The van der Waals surface area contributed by atoms with Crippen LogP contribution in [0.1, 0.15) is 36.4 Å². The van der Waals surface area contributed by atoms with E-state index >= 15 is 0 Å². The van der Waals surface area contributed by atoms with Gasteiger partial charge in [-0.2, -0.15) is 0 Å². The van der Waals surface area contributed by atoms with E-state index in [9.17, 15) is 4.79 Å². The van der Waals surface area contributed by atoms with Crippen LogP contribution < -0.4 is 10.1 Å². The minimum absolute atomic E-state index is 0.0617. The first kappa shape index (κ1) is 14.0. The van der Waals surface area contributed by atoms with Gasteiger partial charge in [0.2, 0.25) is 0 Å². The molecule has 0 bridgehead atoms. The van der Waals surface area contributed by atoms with Gasteiger partial charge in [0.1, 0.15) is 10.6 Å². The van der Waals surface area contributed by atoms with Gasteiger partial charge < -0.3 is 15.2 Å². The number of nitrogens with one attached hydrogen (secondary N) is 1. The standard InChI is InChI=1S/C12H19NO3S/c1-4-12(2,6-7-14)13-11(15)10-9(16-3)5-8-17-10/h5,8,14H,4,6-7H2,1-3H3,(H,13,15)/t12-/m0/s1. The van der Waals surface area contributed by atoms with Crippen LogP contribution in [0.4, 0.5) is 0 Å². The first-order valence-electron chi connectivity index (χ1n) is 5.61.